The van der Waals surface area contributed by atoms with Gasteiger partial charge in [-0.15, -0.1) is 0 Å². The zero-order valence-corrected chi connectivity index (χ0v) is 15.3. The molecule has 0 bridgehead atoms. The number of azide groups is 1. The summed E-state index contributed by atoms with van der Waals surface area (Å²) in [6.07, 6.45) is 4.43. The van der Waals surface area contributed by atoms with Gasteiger partial charge < -0.3 is 14.5 Å². The number of rotatable bonds is 4. The Kier molecular flexibility index (Phi) is 6.75. The van der Waals surface area contributed by atoms with Gasteiger partial charge in [-0.2, -0.15) is 0 Å². The minimum absolute atomic E-state index is 0.172. The molecule has 7 heteroatoms. The number of amides is 1. The molecule has 7 nitrogen and oxygen atoms in total. The van der Waals surface area contributed by atoms with Crippen LogP contribution < -0.4 is 0 Å². The summed E-state index contributed by atoms with van der Waals surface area (Å²) in [6, 6.07) is 0. The van der Waals surface area contributed by atoms with Gasteiger partial charge in [-0.25, -0.2) is 4.79 Å². The Morgan fingerprint density at radius 1 is 1.12 bits per heavy atom. The number of hydrogen-bond donors (Lipinski definition) is 0. The predicted molar refractivity (Wildman–Crippen MR) is 93.7 cm³/mol. The standard InChI is InChI=1S/C17H31N5O2/c1-17(2,3)24-16(23)22-11-6-15(7-12-22)14-4-9-21(10-5-14)13-8-19-20-18/h14-15H,4-13H2,1-3H3. The molecule has 24 heavy (non-hydrogen) atoms. The first kappa shape index (κ1) is 18.9. The number of ether oxygens (including phenoxy) is 1. The molecule has 0 aromatic carbocycles. The molecule has 0 radical (unpaired) electrons. The van der Waals surface area contributed by atoms with Gasteiger partial charge in [0, 0.05) is 31.1 Å². The number of piperidine rings is 2. The molecule has 2 aliphatic heterocycles. The Morgan fingerprint density at radius 2 is 1.67 bits per heavy atom. The fourth-order valence-corrected chi connectivity index (χ4v) is 3.76. The van der Waals surface area contributed by atoms with Crippen LogP contribution in [0.4, 0.5) is 4.79 Å². The van der Waals surface area contributed by atoms with E-state index in [1.165, 1.54) is 12.8 Å². The quantitative estimate of drug-likeness (QED) is 0.446. The molecule has 0 aromatic rings. The van der Waals surface area contributed by atoms with Crippen LogP contribution in [0.3, 0.4) is 0 Å². The lowest BCUT2D eigenvalue weighted by atomic mass is 9.79. The van der Waals surface area contributed by atoms with Crippen molar-refractivity contribution in [1.29, 1.82) is 0 Å². The van der Waals surface area contributed by atoms with Crippen LogP contribution in [0.15, 0.2) is 5.11 Å². The lowest BCUT2D eigenvalue weighted by Gasteiger charge is -2.40. The SMILES string of the molecule is CC(C)(C)OC(=O)N1CCC(C2CCN(CCN=[N+]=[N-])CC2)CC1. The molecule has 2 heterocycles. The third-order valence-corrected chi connectivity index (χ3v) is 5.07. The summed E-state index contributed by atoms with van der Waals surface area (Å²) in [5.74, 6) is 1.49. The van der Waals surface area contributed by atoms with E-state index in [1.807, 2.05) is 25.7 Å². The number of nitrogens with zero attached hydrogens (tertiary/aromatic N) is 5. The van der Waals surface area contributed by atoms with E-state index in [0.29, 0.717) is 6.54 Å². The van der Waals surface area contributed by atoms with Crippen LogP contribution in [0.5, 0.6) is 0 Å². The molecule has 0 atom stereocenters. The van der Waals surface area contributed by atoms with Gasteiger partial charge in [-0.1, -0.05) is 5.11 Å². The van der Waals surface area contributed by atoms with Gasteiger partial charge in [-0.3, -0.25) is 0 Å². The Morgan fingerprint density at radius 3 is 2.17 bits per heavy atom. The molecule has 2 saturated heterocycles. The van der Waals surface area contributed by atoms with Crippen LogP contribution in [-0.2, 0) is 4.74 Å². The van der Waals surface area contributed by atoms with Gasteiger partial charge in [0.15, 0.2) is 0 Å². The Hall–Kier alpha value is -1.46. The van der Waals surface area contributed by atoms with Crippen LogP contribution in [0.25, 0.3) is 10.4 Å². The first-order valence-corrected chi connectivity index (χ1v) is 9.10. The van der Waals surface area contributed by atoms with Crippen molar-refractivity contribution >= 4 is 6.09 Å². The van der Waals surface area contributed by atoms with Gasteiger partial charge in [0.2, 0.25) is 0 Å². The first-order valence-electron chi connectivity index (χ1n) is 9.10. The molecule has 2 aliphatic rings. The average Bonchev–Trinajstić information content (AvgIpc) is 2.54. The molecule has 2 rings (SSSR count). The lowest BCUT2D eigenvalue weighted by Crippen LogP contribution is -2.44. The van der Waals surface area contributed by atoms with Gasteiger partial charge in [-0.05, 0) is 76.9 Å². The van der Waals surface area contributed by atoms with E-state index in [-0.39, 0.29) is 6.09 Å². The van der Waals surface area contributed by atoms with Crippen molar-refractivity contribution < 1.29 is 9.53 Å². The third-order valence-electron chi connectivity index (χ3n) is 5.07. The minimum Gasteiger partial charge on any atom is -0.444 e. The van der Waals surface area contributed by atoms with E-state index in [2.05, 4.69) is 14.9 Å². The highest BCUT2D eigenvalue weighted by molar-refractivity contribution is 5.68. The van der Waals surface area contributed by atoms with E-state index < -0.39 is 5.60 Å². The lowest BCUT2D eigenvalue weighted by molar-refractivity contribution is 0.0136. The Balaban J connectivity index is 1.70. The summed E-state index contributed by atoms with van der Waals surface area (Å²) in [5.41, 5.74) is 7.91. The Labute approximate surface area is 144 Å². The maximum absolute atomic E-state index is 12.1. The van der Waals surface area contributed by atoms with Crippen molar-refractivity contribution in [3.8, 4) is 0 Å². The summed E-state index contributed by atoms with van der Waals surface area (Å²) in [7, 11) is 0. The molecule has 0 unspecified atom stereocenters. The van der Waals surface area contributed by atoms with Crippen molar-refractivity contribution in [3.05, 3.63) is 10.4 Å². The normalized spacial score (nSPS) is 21.4. The molecular weight excluding hydrogens is 306 g/mol. The minimum atomic E-state index is -0.420. The molecular formula is C17H31N5O2. The largest absolute Gasteiger partial charge is 0.444 e. The van der Waals surface area contributed by atoms with Gasteiger partial charge in [0.25, 0.3) is 0 Å². The highest BCUT2D eigenvalue weighted by Gasteiger charge is 2.32. The van der Waals surface area contributed by atoms with E-state index in [4.69, 9.17) is 10.3 Å². The monoisotopic (exact) mass is 337 g/mol. The maximum atomic E-state index is 12.1. The molecule has 0 spiro atoms. The molecule has 0 N–H and O–H groups in total. The van der Waals surface area contributed by atoms with Crippen molar-refractivity contribution in [2.24, 2.45) is 17.0 Å². The fourth-order valence-electron chi connectivity index (χ4n) is 3.76. The van der Waals surface area contributed by atoms with Gasteiger partial charge in [0.1, 0.15) is 5.60 Å². The summed E-state index contributed by atoms with van der Waals surface area (Å²) in [4.78, 5) is 19.2. The van der Waals surface area contributed by atoms with Gasteiger partial charge >= 0.3 is 6.09 Å². The number of carbonyl (C=O) groups is 1. The molecule has 0 aliphatic carbocycles. The molecule has 0 saturated carbocycles. The van der Waals surface area contributed by atoms with E-state index in [0.717, 1.165) is 57.4 Å². The average molecular weight is 337 g/mol. The highest BCUT2D eigenvalue weighted by atomic mass is 16.6. The maximum Gasteiger partial charge on any atom is 0.410 e. The summed E-state index contributed by atoms with van der Waals surface area (Å²) < 4.78 is 5.46. The topological polar surface area (TPSA) is 81.5 Å². The van der Waals surface area contributed by atoms with Crippen LogP contribution >= 0.6 is 0 Å². The number of carbonyl (C=O) groups excluding carboxylic acids is 1. The summed E-state index contributed by atoms with van der Waals surface area (Å²) in [6.45, 7) is 11.0. The van der Waals surface area contributed by atoms with Crippen molar-refractivity contribution in [2.45, 2.75) is 52.1 Å². The smallest absolute Gasteiger partial charge is 0.410 e. The van der Waals surface area contributed by atoms with Crippen molar-refractivity contribution in [3.63, 3.8) is 0 Å². The summed E-state index contributed by atoms with van der Waals surface area (Å²) >= 11 is 0. The fraction of sp³-hybridized carbons (Fsp3) is 0.941. The van der Waals surface area contributed by atoms with E-state index in [1.54, 1.807) is 0 Å². The van der Waals surface area contributed by atoms with Crippen molar-refractivity contribution in [2.75, 3.05) is 39.3 Å². The molecule has 0 aromatic heterocycles. The molecule has 2 fully saturated rings. The van der Waals surface area contributed by atoms with Crippen LogP contribution in [0.2, 0.25) is 0 Å². The van der Waals surface area contributed by atoms with E-state index >= 15 is 0 Å². The molecule has 136 valence electrons. The number of hydrogen-bond acceptors (Lipinski definition) is 4. The Bertz CT molecular complexity index is 454. The number of likely N-dealkylation sites (tertiary alicyclic amines) is 2. The zero-order chi connectivity index (χ0) is 17.6. The van der Waals surface area contributed by atoms with Gasteiger partial charge in [0.05, 0.1) is 0 Å². The zero-order valence-electron chi connectivity index (χ0n) is 15.3. The second-order valence-electron chi connectivity index (χ2n) is 7.94. The third kappa shape index (κ3) is 5.87. The van der Waals surface area contributed by atoms with Crippen LogP contribution in [0.1, 0.15) is 46.5 Å². The van der Waals surface area contributed by atoms with Crippen molar-refractivity contribution in [1.82, 2.24) is 9.80 Å². The first-order chi connectivity index (χ1) is 11.4. The van der Waals surface area contributed by atoms with Crippen LogP contribution in [-0.4, -0.2) is 60.8 Å². The predicted octanol–water partition coefficient (Wildman–Crippen LogP) is 3.66. The highest BCUT2D eigenvalue weighted by Crippen LogP contribution is 2.32. The second kappa shape index (κ2) is 8.58. The second-order valence-corrected chi connectivity index (χ2v) is 7.94. The summed E-state index contributed by atoms with van der Waals surface area (Å²) in [5, 5.41) is 3.61. The van der Waals surface area contributed by atoms with Crippen LogP contribution in [0, 0.1) is 11.8 Å². The molecule has 1 amide bonds. The van der Waals surface area contributed by atoms with E-state index in [9.17, 15) is 4.79 Å².